The van der Waals surface area contributed by atoms with E-state index in [1.54, 1.807) is 42.5 Å². The molecule has 0 spiro atoms. The summed E-state index contributed by atoms with van der Waals surface area (Å²) >= 11 is 0. The highest BCUT2D eigenvalue weighted by Gasteiger charge is 2.30. The van der Waals surface area contributed by atoms with Crippen molar-refractivity contribution in [2.45, 2.75) is 6.36 Å². The van der Waals surface area contributed by atoms with E-state index in [1.165, 1.54) is 32.6 Å². The van der Waals surface area contributed by atoms with Gasteiger partial charge >= 0.3 is 6.36 Å². The quantitative estimate of drug-likeness (QED) is 0.377. The first-order valence-electron chi connectivity index (χ1n) is 9.93. The molecule has 0 amide bonds. The van der Waals surface area contributed by atoms with Gasteiger partial charge in [-0.2, -0.15) is 9.78 Å². The maximum absolute atomic E-state index is 13.2. The number of ether oxygens (including phenoxy) is 3. The van der Waals surface area contributed by atoms with Gasteiger partial charge in [0.25, 0.3) is 5.56 Å². The Morgan fingerprint density at radius 1 is 0.941 bits per heavy atom. The van der Waals surface area contributed by atoms with E-state index < -0.39 is 11.9 Å². The molecule has 174 valence electrons. The molecular weight excluding hydrogens is 451 g/mol. The van der Waals surface area contributed by atoms with Gasteiger partial charge in [0, 0.05) is 5.56 Å². The normalized spacial score (nSPS) is 11.7. The number of benzene rings is 3. The van der Waals surface area contributed by atoms with Crippen molar-refractivity contribution in [1.29, 1.82) is 0 Å². The number of halogens is 3. The van der Waals surface area contributed by atoms with Crippen LogP contribution in [-0.4, -0.2) is 36.5 Å². The summed E-state index contributed by atoms with van der Waals surface area (Å²) < 4.78 is 52.8. The lowest BCUT2D eigenvalue weighted by Crippen LogP contribution is -2.20. The van der Waals surface area contributed by atoms with Crippen molar-refractivity contribution in [2.24, 2.45) is 5.10 Å². The molecule has 7 nitrogen and oxygen atoms in total. The molecule has 0 unspecified atom stereocenters. The number of rotatable bonds is 6. The van der Waals surface area contributed by atoms with Gasteiger partial charge in [-0.1, -0.05) is 12.1 Å². The maximum atomic E-state index is 13.2. The largest absolute Gasteiger partial charge is 0.573 e. The Hall–Kier alpha value is -4.34. The maximum Gasteiger partial charge on any atom is 0.573 e. The van der Waals surface area contributed by atoms with Crippen LogP contribution in [0.1, 0.15) is 5.56 Å². The van der Waals surface area contributed by atoms with Crippen LogP contribution in [0.2, 0.25) is 0 Å². The van der Waals surface area contributed by atoms with Crippen molar-refractivity contribution in [3.05, 3.63) is 82.6 Å². The van der Waals surface area contributed by atoms with Crippen LogP contribution in [0.4, 0.5) is 13.2 Å². The predicted octanol–water partition coefficient (Wildman–Crippen LogP) is 4.86. The van der Waals surface area contributed by atoms with Crippen LogP contribution in [0, 0.1) is 0 Å². The van der Waals surface area contributed by atoms with Crippen molar-refractivity contribution in [2.75, 3.05) is 14.2 Å². The van der Waals surface area contributed by atoms with E-state index in [4.69, 9.17) is 9.47 Å². The number of nitrogens with zero attached hydrogens (tertiary/aromatic N) is 3. The summed E-state index contributed by atoms with van der Waals surface area (Å²) in [4.78, 5) is 17.9. The minimum absolute atomic E-state index is 0.248. The molecule has 1 aromatic heterocycles. The van der Waals surface area contributed by atoms with Crippen molar-refractivity contribution in [3.63, 3.8) is 0 Å². The first-order chi connectivity index (χ1) is 16.3. The molecule has 0 fully saturated rings. The van der Waals surface area contributed by atoms with Crippen molar-refractivity contribution >= 4 is 17.1 Å². The number of hydrogen-bond acceptors (Lipinski definition) is 6. The Balaban J connectivity index is 1.80. The Morgan fingerprint density at radius 2 is 1.65 bits per heavy atom. The van der Waals surface area contributed by atoms with Crippen molar-refractivity contribution < 1.29 is 27.4 Å². The van der Waals surface area contributed by atoms with Gasteiger partial charge in [0.15, 0.2) is 17.3 Å². The molecule has 1 heterocycles. The first-order valence-corrected chi connectivity index (χ1v) is 9.93. The van der Waals surface area contributed by atoms with E-state index in [9.17, 15) is 18.0 Å². The monoisotopic (exact) mass is 469 g/mol. The summed E-state index contributed by atoms with van der Waals surface area (Å²) in [6.45, 7) is 0. The summed E-state index contributed by atoms with van der Waals surface area (Å²) in [5.74, 6) is 0.835. The van der Waals surface area contributed by atoms with Gasteiger partial charge in [-0.3, -0.25) is 4.79 Å². The molecule has 0 aliphatic rings. The van der Waals surface area contributed by atoms with E-state index in [0.717, 1.165) is 16.8 Å². The number of para-hydroxylation sites is 1. The van der Waals surface area contributed by atoms with Crippen LogP contribution >= 0.6 is 0 Å². The van der Waals surface area contributed by atoms with Crippen LogP contribution < -0.4 is 19.8 Å². The second-order valence-corrected chi connectivity index (χ2v) is 7.00. The van der Waals surface area contributed by atoms with E-state index in [1.807, 2.05) is 0 Å². The van der Waals surface area contributed by atoms with E-state index in [-0.39, 0.29) is 11.6 Å². The molecule has 4 aromatic rings. The molecule has 0 saturated carbocycles. The molecule has 4 rings (SSSR count). The minimum Gasteiger partial charge on any atom is -0.493 e. The van der Waals surface area contributed by atoms with E-state index in [2.05, 4.69) is 14.8 Å². The van der Waals surface area contributed by atoms with Crippen LogP contribution in [0.5, 0.6) is 17.2 Å². The summed E-state index contributed by atoms with van der Waals surface area (Å²) in [6, 6.07) is 17.0. The smallest absolute Gasteiger partial charge is 0.493 e. The zero-order valence-electron chi connectivity index (χ0n) is 18.0. The first kappa shape index (κ1) is 22.8. The van der Waals surface area contributed by atoms with Gasteiger partial charge in [0.2, 0.25) is 0 Å². The van der Waals surface area contributed by atoms with Gasteiger partial charge in [0.1, 0.15) is 5.75 Å². The van der Waals surface area contributed by atoms with E-state index >= 15 is 0 Å². The summed E-state index contributed by atoms with van der Waals surface area (Å²) in [6.07, 6.45) is -3.44. The zero-order chi connectivity index (χ0) is 24.3. The van der Waals surface area contributed by atoms with Gasteiger partial charge in [-0.15, -0.1) is 13.2 Å². The molecular formula is C24H18F3N3O4. The third-order valence-electron chi connectivity index (χ3n) is 4.83. The highest BCUT2D eigenvalue weighted by atomic mass is 19.4. The number of aromatic nitrogens is 2. The highest BCUT2D eigenvalue weighted by molar-refractivity contribution is 5.82. The molecule has 0 atom stereocenters. The Labute approximate surface area is 191 Å². The predicted molar refractivity (Wildman–Crippen MR) is 121 cm³/mol. The standard InChI is InChI=1S/C24H18F3N3O4/c1-32-20-12-9-16(13-21(20)33-2)22-29-19-6-4-3-5-18(19)23(31)30(22)28-14-15-7-10-17(11-8-15)34-24(25,26)27/h3-14H,1-2H3. The van der Waals surface area contributed by atoms with Crippen LogP contribution in [0.3, 0.4) is 0 Å². The number of methoxy groups -OCH3 is 2. The highest BCUT2D eigenvalue weighted by Crippen LogP contribution is 2.32. The third kappa shape index (κ3) is 4.85. The molecule has 0 N–H and O–H groups in total. The lowest BCUT2D eigenvalue weighted by molar-refractivity contribution is -0.274. The third-order valence-corrected chi connectivity index (χ3v) is 4.83. The molecule has 3 aromatic carbocycles. The van der Waals surface area contributed by atoms with Gasteiger partial charge in [-0.05, 0) is 60.2 Å². The van der Waals surface area contributed by atoms with Gasteiger partial charge in [0.05, 0.1) is 31.3 Å². The Morgan fingerprint density at radius 3 is 2.32 bits per heavy atom. The van der Waals surface area contributed by atoms with Crippen molar-refractivity contribution in [3.8, 4) is 28.6 Å². The fourth-order valence-corrected chi connectivity index (χ4v) is 3.27. The fraction of sp³-hybridized carbons (Fsp3) is 0.125. The molecule has 10 heteroatoms. The summed E-state index contributed by atoms with van der Waals surface area (Å²) in [5.41, 5.74) is 1.07. The SMILES string of the molecule is COc1ccc(-c2nc3ccccc3c(=O)n2N=Cc2ccc(OC(F)(F)F)cc2)cc1OC. The Kier molecular flexibility index (Phi) is 6.22. The molecule has 0 bridgehead atoms. The lowest BCUT2D eigenvalue weighted by atomic mass is 10.1. The second kappa shape index (κ2) is 9.26. The fourth-order valence-electron chi connectivity index (χ4n) is 3.27. The molecule has 0 aliphatic heterocycles. The Bertz CT molecular complexity index is 1410. The average molecular weight is 469 g/mol. The summed E-state index contributed by atoms with van der Waals surface area (Å²) in [5, 5.41) is 4.65. The van der Waals surface area contributed by atoms with Crippen LogP contribution in [-0.2, 0) is 0 Å². The number of hydrogen-bond donors (Lipinski definition) is 0. The molecule has 0 radical (unpaired) electrons. The molecule has 0 saturated heterocycles. The number of fused-ring (bicyclic) bond motifs is 1. The van der Waals surface area contributed by atoms with Crippen LogP contribution in [0.25, 0.3) is 22.3 Å². The minimum atomic E-state index is -4.78. The average Bonchev–Trinajstić information content (AvgIpc) is 2.83. The lowest BCUT2D eigenvalue weighted by Gasteiger charge is -2.12. The number of alkyl halides is 3. The zero-order valence-corrected chi connectivity index (χ0v) is 18.0. The summed E-state index contributed by atoms with van der Waals surface area (Å²) in [7, 11) is 3.00. The van der Waals surface area contributed by atoms with E-state index in [0.29, 0.717) is 33.5 Å². The van der Waals surface area contributed by atoms with Crippen molar-refractivity contribution in [1.82, 2.24) is 9.66 Å². The van der Waals surface area contributed by atoms with Gasteiger partial charge < -0.3 is 14.2 Å². The second-order valence-electron chi connectivity index (χ2n) is 7.00. The molecule has 34 heavy (non-hydrogen) atoms. The van der Waals surface area contributed by atoms with Gasteiger partial charge in [-0.25, -0.2) is 4.98 Å². The topological polar surface area (TPSA) is 74.9 Å². The molecule has 0 aliphatic carbocycles. The van der Waals surface area contributed by atoms with Crippen LogP contribution in [0.15, 0.2) is 76.6 Å².